The quantitative estimate of drug-likeness (QED) is 0.710. The Morgan fingerprint density at radius 3 is 2.35 bits per heavy atom. The van der Waals surface area contributed by atoms with Gasteiger partial charge in [-0.3, -0.25) is 0 Å². The fourth-order valence-electron chi connectivity index (χ4n) is 2.58. The molecule has 20 heavy (non-hydrogen) atoms. The number of hydrogen-bond acceptors (Lipinski definition) is 1. The molecule has 0 spiro atoms. The lowest BCUT2D eigenvalue weighted by Crippen LogP contribution is -2.03. The molecule has 0 aromatic heterocycles. The molecule has 0 saturated carbocycles. The molecule has 1 unspecified atom stereocenters. The molecule has 2 heteroatoms. The van der Waals surface area contributed by atoms with Gasteiger partial charge in [0, 0.05) is 5.02 Å². The molecule has 0 aliphatic carbocycles. The van der Waals surface area contributed by atoms with Crippen LogP contribution in [0.15, 0.2) is 60.7 Å². The van der Waals surface area contributed by atoms with E-state index in [1.807, 2.05) is 55.5 Å². The van der Waals surface area contributed by atoms with E-state index in [1.54, 1.807) is 0 Å². The van der Waals surface area contributed by atoms with E-state index in [-0.39, 0.29) is 0 Å². The average Bonchev–Trinajstić information content (AvgIpc) is 2.49. The Hall–Kier alpha value is -1.83. The van der Waals surface area contributed by atoms with E-state index in [0.29, 0.717) is 5.02 Å². The van der Waals surface area contributed by atoms with Crippen molar-refractivity contribution in [1.29, 1.82) is 0 Å². The molecule has 0 aliphatic rings. The second-order valence-electron chi connectivity index (χ2n) is 4.92. The van der Waals surface area contributed by atoms with E-state index in [1.165, 1.54) is 0 Å². The van der Waals surface area contributed by atoms with E-state index >= 15 is 0 Å². The molecule has 3 aromatic carbocycles. The second kappa shape index (κ2) is 5.28. The van der Waals surface area contributed by atoms with Crippen LogP contribution >= 0.6 is 11.6 Å². The van der Waals surface area contributed by atoms with Crippen LogP contribution in [0.25, 0.3) is 10.8 Å². The van der Waals surface area contributed by atoms with Crippen molar-refractivity contribution in [2.75, 3.05) is 0 Å². The highest BCUT2D eigenvalue weighted by molar-refractivity contribution is 6.31. The van der Waals surface area contributed by atoms with E-state index in [9.17, 15) is 5.11 Å². The molecule has 0 radical (unpaired) electrons. The first kappa shape index (κ1) is 13.2. The van der Waals surface area contributed by atoms with Gasteiger partial charge < -0.3 is 5.11 Å². The van der Waals surface area contributed by atoms with E-state index in [4.69, 9.17) is 11.6 Å². The van der Waals surface area contributed by atoms with Crippen molar-refractivity contribution in [3.05, 3.63) is 82.4 Å². The number of hydrogen-bond donors (Lipinski definition) is 1. The summed E-state index contributed by atoms with van der Waals surface area (Å²) in [6.07, 6.45) is -0.667. The molecule has 100 valence electrons. The number of aliphatic hydroxyl groups is 1. The summed E-state index contributed by atoms with van der Waals surface area (Å²) in [5, 5.41) is 13.6. The van der Waals surface area contributed by atoms with E-state index < -0.39 is 6.10 Å². The highest BCUT2D eigenvalue weighted by Crippen LogP contribution is 2.32. The van der Waals surface area contributed by atoms with Crippen LogP contribution in [0.2, 0.25) is 5.02 Å². The van der Waals surface area contributed by atoms with Gasteiger partial charge >= 0.3 is 0 Å². The van der Waals surface area contributed by atoms with E-state index in [0.717, 1.165) is 27.5 Å². The highest BCUT2D eigenvalue weighted by atomic mass is 35.5. The van der Waals surface area contributed by atoms with Crippen molar-refractivity contribution in [2.45, 2.75) is 13.0 Å². The third kappa shape index (κ3) is 2.20. The lowest BCUT2D eigenvalue weighted by Gasteiger charge is -2.17. The number of halogens is 1. The molecule has 1 atom stereocenters. The third-order valence-electron chi connectivity index (χ3n) is 3.72. The van der Waals surface area contributed by atoms with E-state index in [2.05, 4.69) is 12.1 Å². The number of aliphatic hydroxyl groups excluding tert-OH is 1. The Bertz CT molecular complexity index is 759. The van der Waals surface area contributed by atoms with Crippen molar-refractivity contribution < 1.29 is 5.11 Å². The predicted octanol–water partition coefficient (Wildman–Crippen LogP) is 4.88. The Morgan fingerprint density at radius 1 is 0.850 bits per heavy atom. The number of fused-ring (bicyclic) bond motifs is 1. The van der Waals surface area contributed by atoms with Crippen LogP contribution in [0.3, 0.4) is 0 Å². The minimum Gasteiger partial charge on any atom is -0.384 e. The maximum Gasteiger partial charge on any atom is 0.105 e. The smallest absolute Gasteiger partial charge is 0.105 e. The van der Waals surface area contributed by atoms with Crippen LogP contribution in [0.5, 0.6) is 0 Å². The fraction of sp³-hybridized carbons (Fsp3) is 0.111. The van der Waals surface area contributed by atoms with Gasteiger partial charge in [0.05, 0.1) is 0 Å². The van der Waals surface area contributed by atoms with Gasteiger partial charge in [0.25, 0.3) is 0 Å². The zero-order chi connectivity index (χ0) is 14.1. The number of benzene rings is 3. The molecule has 0 amide bonds. The number of rotatable bonds is 2. The molecule has 3 rings (SSSR count). The molecule has 0 aliphatic heterocycles. The van der Waals surface area contributed by atoms with Gasteiger partial charge in [-0.05, 0) is 40.5 Å². The minimum atomic E-state index is -0.667. The first-order valence-corrected chi connectivity index (χ1v) is 6.97. The van der Waals surface area contributed by atoms with Crippen molar-refractivity contribution in [3.63, 3.8) is 0 Å². The third-order valence-corrected chi connectivity index (χ3v) is 4.13. The van der Waals surface area contributed by atoms with Crippen LogP contribution in [0.4, 0.5) is 0 Å². The van der Waals surface area contributed by atoms with Gasteiger partial charge in [0.15, 0.2) is 0 Å². The maximum absolute atomic E-state index is 10.7. The predicted molar refractivity (Wildman–Crippen MR) is 84.2 cm³/mol. The van der Waals surface area contributed by atoms with Gasteiger partial charge in [0.2, 0.25) is 0 Å². The molecular formula is C18H15ClO. The monoisotopic (exact) mass is 282 g/mol. The Balaban J connectivity index is 2.18. The summed E-state index contributed by atoms with van der Waals surface area (Å²) in [5.41, 5.74) is 2.69. The molecule has 1 N–H and O–H groups in total. The molecular weight excluding hydrogens is 268 g/mol. The topological polar surface area (TPSA) is 20.2 Å². The first-order chi connectivity index (χ1) is 9.68. The average molecular weight is 283 g/mol. The highest BCUT2D eigenvalue weighted by Gasteiger charge is 2.16. The first-order valence-electron chi connectivity index (χ1n) is 6.59. The van der Waals surface area contributed by atoms with Crippen LogP contribution in [-0.2, 0) is 0 Å². The molecule has 0 bridgehead atoms. The standard InChI is InChI=1S/C18H15ClO/c1-12-14(9-5-11-17(12)19)18(20)16-10-4-7-13-6-2-3-8-15(13)16/h2-11,18,20H,1H3. The second-order valence-corrected chi connectivity index (χ2v) is 5.33. The molecule has 0 heterocycles. The molecule has 3 aromatic rings. The summed E-state index contributed by atoms with van der Waals surface area (Å²) in [4.78, 5) is 0. The van der Waals surface area contributed by atoms with Gasteiger partial charge in [-0.2, -0.15) is 0 Å². The SMILES string of the molecule is Cc1c(Cl)cccc1C(O)c1cccc2ccccc12. The Morgan fingerprint density at radius 2 is 1.50 bits per heavy atom. The zero-order valence-electron chi connectivity index (χ0n) is 11.2. The van der Waals surface area contributed by atoms with Crippen molar-refractivity contribution in [1.82, 2.24) is 0 Å². The minimum absolute atomic E-state index is 0.667. The summed E-state index contributed by atoms with van der Waals surface area (Å²) >= 11 is 6.15. The summed E-state index contributed by atoms with van der Waals surface area (Å²) < 4.78 is 0. The van der Waals surface area contributed by atoms with Crippen molar-refractivity contribution in [3.8, 4) is 0 Å². The largest absolute Gasteiger partial charge is 0.384 e. The lowest BCUT2D eigenvalue weighted by atomic mass is 9.93. The van der Waals surface area contributed by atoms with Crippen LogP contribution in [0, 0.1) is 6.92 Å². The fourth-order valence-corrected chi connectivity index (χ4v) is 2.76. The van der Waals surface area contributed by atoms with Crippen molar-refractivity contribution >= 4 is 22.4 Å². The van der Waals surface area contributed by atoms with Crippen LogP contribution in [0.1, 0.15) is 22.8 Å². The van der Waals surface area contributed by atoms with Crippen molar-refractivity contribution in [2.24, 2.45) is 0 Å². The molecule has 0 fully saturated rings. The van der Waals surface area contributed by atoms with Gasteiger partial charge in [0.1, 0.15) is 6.10 Å². The van der Waals surface area contributed by atoms with Gasteiger partial charge in [-0.25, -0.2) is 0 Å². The zero-order valence-corrected chi connectivity index (χ0v) is 11.9. The summed E-state index contributed by atoms with van der Waals surface area (Å²) in [6.45, 7) is 1.94. The van der Waals surface area contributed by atoms with Gasteiger partial charge in [-0.15, -0.1) is 0 Å². The normalized spacial score (nSPS) is 12.6. The van der Waals surface area contributed by atoms with Gasteiger partial charge in [-0.1, -0.05) is 66.2 Å². The summed E-state index contributed by atoms with van der Waals surface area (Å²) in [7, 11) is 0. The summed E-state index contributed by atoms with van der Waals surface area (Å²) in [5.74, 6) is 0. The Labute approximate surface area is 123 Å². The molecule has 1 nitrogen and oxygen atoms in total. The summed E-state index contributed by atoms with van der Waals surface area (Å²) in [6, 6.07) is 19.7. The Kier molecular flexibility index (Phi) is 3.47. The maximum atomic E-state index is 10.7. The molecule has 0 saturated heterocycles. The van der Waals surface area contributed by atoms with Crippen LogP contribution in [-0.4, -0.2) is 5.11 Å². The lowest BCUT2D eigenvalue weighted by molar-refractivity contribution is 0.221. The van der Waals surface area contributed by atoms with Crippen LogP contribution < -0.4 is 0 Å².